The summed E-state index contributed by atoms with van der Waals surface area (Å²) >= 11 is 0. The molecule has 1 unspecified atom stereocenters. The summed E-state index contributed by atoms with van der Waals surface area (Å²) in [5, 5.41) is 3.47. The van der Waals surface area contributed by atoms with E-state index in [4.69, 9.17) is 4.42 Å². The Morgan fingerprint density at radius 3 is 3.05 bits per heavy atom. The summed E-state index contributed by atoms with van der Waals surface area (Å²) in [7, 11) is 0. The number of furan rings is 1. The SMILES string of the molecule is CCC1CCCN1Cc1ccoc1CNCC(C)C. The topological polar surface area (TPSA) is 28.4 Å². The minimum Gasteiger partial charge on any atom is -0.468 e. The molecule has 1 aliphatic rings. The molecule has 0 bridgehead atoms. The quantitative estimate of drug-likeness (QED) is 0.818. The Morgan fingerprint density at radius 1 is 1.47 bits per heavy atom. The minimum absolute atomic E-state index is 0.682. The van der Waals surface area contributed by atoms with Crippen LogP contribution in [-0.4, -0.2) is 24.0 Å². The summed E-state index contributed by atoms with van der Waals surface area (Å²) in [5.41, 5.74) is 1.36. The third-order valence-electron chi connectivity index (χ3n) is 4.02. The van der Waals surface area contributed by atoms with E-state index in [1.54, 1.807) is 0 Å². The average molecular weight is 264 g/mol. The highest BCUT2D eigenvalue weighted by Crippen LogP contribution is 2.23. The molecule has 108 valence electrons. The number of hydrogen-bond acceptors (Lipinski definition) is 3. The number of nitrogens with one attached hydrogen (secondary N) is 1. The van der Waals surface area contributed by atoms with Crippen molar-refractivity contribution in [2.75, 3.05) is 13.1 Å². The first-order valence-corrected chi connectivity index (χ1v) is 7.70. The van der Waals surface area contributed by atoms with Crippen molar-refractivity contribution in [3.8, 4) is 0 Å². The lowest BCUT2D eigenvalue weighted by Crippen LogP contribution is -2.28. The molecule has 0 saturated carbocycles. The molecule has 1 saturated heterocycles. The van der Waals surface area contributed by atoms with Gasteiger partial charge in [-0.25, -0.2) is 0 Å². The molecule has 1 atom stereocenters. The van der Waals surface area contributed by atoms with Gasteiger partial charge in [0, 0.05) is 18.2 Å². The van der Waals surface area contributed by atoms with Crippen molar-refractivity contribution >= 4 is 0 Å². The molecule has 0 aromatic carbocycles. The molecule has 1 aromatic heterocycles. The van der Waals surface area contributed by atoms with Crippen LogP contribution in [0.4, 0.5) is 0 Å². The molecule has 2 rings (SSSR count). The summed E-state index contributed by atoms with van der Waals surface area (Å²) in [4.78, 5) is 2.61. The molecule has 1 N–H and O–H groups in total. The Labute approximate surface area is 117 Å². The zero-order valence-electron chi connectivity index (χ0n) is 12.6. The van der Waals surface area contributed by atoms with Crippen LogP contribution >= 0.6 is 0 Å². The van der Waals surface area contributed by atoms with Crippen LogP contribution in [0.3, 0.4) is 0 Å². The lowest BCUT2D eigenvalue weighted by Gasteiger charge is -2.23. The second-order valence-corrected chi connectivity index (χ2v) is 6.07. The normalized spacial score (nSPS) is 20.5. The predicted octanol–water partition coefficient (Wildman–Crippen LogP) is 3.40. The Hall–Kier alpha value is -0.800. The lowest BCUT2D eigenvalue weighted by atomic mass is 10.1. The van der Waals surface area contributed by atoms with Gasteiger partial charge in [0.1, 0.15) is 5.76 Å². The second-order valence-electron chi connectivity index (χ2n) is 6.07. The first kappa shape index (κ1) is 14.6. The smallest absolute Gasteiger partial charge is 0.122 e. The summed E-state index contributed by atoms with van der Waals surface area (Å²) < 4.78 is 5.64. The number of hydrogen-bond donors (Lipinski definition) is 1. The van der Waals surface area contributed by atoms with Crippen molar-refractivity contribution < 1.29 is 4.42 Å². The fraction of sp³-hybridized carbons (Fsp3) is 0.750. The standard InChI is InChI=1S/C16H28N2O/c1-4-15-6-5-8-18(15)12-14-7-9-19-16(14)11-17-10-13(2)3/h7,9,13,15,17H,4-6,8,10-12H2,1-3H3. The van der Waals surface area contributed by atoms with Gasteiger partial charge in [0.25, 0.3) is 0 Å². The van der Waals surface area contributed by atoms with Gasteiger partial charge in [0.15, 0.2) is 0 Å². The van der Waals surface area contributed by atoms with Gasteiger partial charge in [-0.05, 0) is 44.3 Å². The highest BCUT2D eigenvalue weighted by atomic mass is 16.3. The van der Waals surface area contributed by atoms with Crippen molar-refractivity contribution in [2.24, 2.45) is 5.92 Å². The molecule has 3 nitrogen and oxygen atoms in total. The van der Waals surface area contributed by atoms with Crippen LogP contribution in [0.15, 0.2) is 16.7 Å². The van der Waals surface area contributed by atoms with Gasteiger partial charge in [0.05, 0.1) is 12.8 Å². The molecular formula is C16H28N2O. The fourth-order valence-corrected chi connectivity index (χ4v) is 2.92. The number of nitrogens with zero attached hydrogens (tertiary/aromatic N) is 1. The first-order valence-electron chi connectivity index (χ1n) is 7.70. The van der Waals surface area contributed by atoms with Crippen LogP contribution in [0, 0.1) is 5.92 Å². The van der Waals surface area contributed by atoms with E-state index in [2.05, 4.69) is 37.1 Å². The molecule has 1 aromatic rings. The van der Waals surface area contributed by atoms with Crippen LogP contribution in [-0.2, 0) is 13.1 Å². The highest BCUT2D eigenvalue weighted by molar-refractivity contribution is 5.17. The molecule has 1 aliphatic heterocycles. The fourth-order valence-electron chi connectivity index (χ4n) is 2.92. The maximum atomic E-state index is 5.64. The van der Waals surface area contributed by atoms with Crippen LogP contribution < -0.4 is 5.32 Å². The van der Waals surface area contributed by atoms with Gasteiger partial charge in [-0.1, -0.05) is 20.8 Å². The van der Waals surface area contributed by atoms with Crippen molar-refractivity contribution in [2.45, 2.75) is 59.2 Å². The van der Waals surface area contributed by atoms with E-state index >= 15 is 0 Å². The van der Waals surface area contributed by atoms with Gasteiger partial charge in [-0.2, -0.15) is 0 Å². The predicted molar refractivity (Wildman–Crippen MR) is 79.0 cm³/mol. The minimum atomic E-state index is 0.682. The van der Waals surface area contributed by atoms with Gasteiger partial charge in [-0.15, -0.1) is 0 Å². The van der Waals surface area contributed by atoms with Crippen molar-refractivity contribution in [3.05, 3.63) is 23.7 Å². The van der Waals surface area contributed by atoms with Crippen molar-refractivity contribution in [3.63, 3.8) is 0 Å². The Balaban J connectivity index is 1.88. The summed E-state index contributed by atoms with van der Waals surface area (Å²) in [5.74, 6) is 1.80. The summed E-state index contributed by atoms with van der Waals surface area (Å²) in [6, 6.07) is 2.91. The molecule has 0 spiro atoms. The molecule has 3 heteroatoms. The van der Waals surface area contributed by atoms with Gasteiger partial charge in [-0.3, -0.25) is 4.90 Å². The molecule has 0 amide bonds. The monoisotopic (exact) mass is 264 g/mol. The Morgan fingerprint density at radius 2 is 2.32 bits per heavy atom. The summed E-state index contributed by atoms with van der Waals surface area (Å²) in [6.07, 6.45) is 5.80. The average Bonchev–Trinajstić information content (AvgIpc) is 2.99. The van der Waals surface area contributed by atoms with E-state index in [-0.39, 0.29) is 0 Å². The van der Waals surface area contributed by atoms with E-state index in [0.29, 0.717) is 5.92 Å². The van der Waals surface area contributed by atoms with E-state index in [1.807, 2.05) is 6.26 Å². The number of likely N-dealkylation sites (tertiary alicyclic amines) is 1. The molecule has 19 heavy (non-hydrogen) atoms. The van der Waals surface area contributed by atoms with E-state index in [1.165, 1.54) is 31.4 Å². The molecule has 0 aliphatic carbocycles. The van der Waals surface area contributed by atoms with Crippen LogP contribution in [0.5, 0.6) is 0 Å². The van der Waals surface area contributed by atoms with E-state index in [9.17, 15) is 0 Å². The Bertz CT molecular complexity index is 373. The third kappa shape index (κ3) is 4.08. The highest BCUT2D eigenvalue weighted by Gasteiger charge is 2.23. The third-order valence-corrected chi connectivity index (χ3v) is 4.02. The van der Waals surface area contributed by atoms with Gasteiger partial charge in [0.2, 0.25) is 0 Å². The van der Waals surface area contributed by atoms with Crippen molar-refractivity contribution in [1.29, 1.82) is 0 Å². The molecule has 2 heterocycles. The van der Waals surface area contributed by atoms with Crippen molar-refractivity contribution in [1.82, 2.24) is 10.2 Å². The van der Waals surface area contributed by atoms with Gasteiger partial charge >= 0.3 is 0 Å². The maximum Gasteiger partial charge on any atom is 0.122 e. The number of rotatable bonds is 7. The lowest BCUT2D eigenvalue weighted by molar-refractivity contribution is 0.238. The maximum absolute atomic E-state index is 5.64. The molecule has 1 fully saturated rings. The van der Waals surface area contributed by atoms with E-state index in [0.717, 1.165) is 31.4 Å². The van der Waals surface area contributed by atoms with Crippen LogP contribution in [0.25, 0.3) is 0 Å². The largest absolute Gasteiger partial charge is 0.468 e. The zero-order valence-corrected chi connectivity index (χ0v) is 12.6. The van der Waals surface area contributed by atoms with E-state index < -0.39 is 0 Å². The first-order chi connectivity index (χ1) is 9.20. The Kier molecular flexibility index (Phi) is 5.46. The van der Waals surface area contributed by atoms with Gasteiger partial charge < -0.3 is 9.73 Å². The molecule has 0 radical (unpaired) electrons. The zero-order chi connectivity index (χ0) is 13.7. The summed E-state index contributed by atoms with van der Waals surface area (Å²) in [6.45, 7) is 10.9. The van der Waals surface area contributed by atoms with Crippen LogP contribution in [0.1, 0.15) is 51.4 Å². The molecular weight excluding hydrogens is 236 g/mol. The second kappa shape index (κ2) is 7.11. The van der Waals surface area contributed by atoms with Crippen LogP contribution in [0.2, 0.25) is 0 Å².